The van der Waals surface area contributed by atoms with Crippen LogP contribution in [0.4, 0.5) is 0 Å². The minimum Gasteiger partial charge on any atom is -0.337 e. The predicted molar refractivity (Wildman–Crippen MR) is 94.2 cm³/mol. The Kier molecular flexibility index (Phi) is 4.33. The maximum Gasteiger partial charge on any atom is 0.257 e. The molecule has 7 nitrogen and oxygen atoms in total. The first kappa shape index (κ1) is 16.3. The van der Waals surface area contributed by atoms with Crippen molar-refractivity contribution in [2.45, 2.75) is 31.7 Å². The van der Waals surface area contributed by atoms with Crippen molar-refractivity contribution in [3.05, 3.63) is 35.7 Å². The minimum absolute atomic E-state index is 0.147. The summed E-state index contributed by atoms with van der Waals surface area (Å²) in [5.74, 6) is 1.75. The van der Waals surface area contributed by atoms with Crippen molar-refractivity contribution in [1.82, 2.24) is 29.1 Å². The average molecular weight is 342 g/mol. The lowest BCUT2D eigenvalue weighted by molar-refractivity contribution is 0.0759. The molecule has 7 heteroatoms. The number of amides is 1. The Hall–Kier alpha value is -2.15. The fourth-order valence-electron chi connectivity index (χ4n) is 3.70. The van der Waals surface area contributed by atoms with E-state index >= 15 is 0 Å². The monoisotopic (exact) mass is 342 g/mol. The molecule has 1 saturated carbocycles. The van der Waals surface area contributed by atoms with Crippen molar-refractivity contribution >= 4 is 5.91 Å². The Morgan fingerprint density at radius 1 is 1.20 bits per heavy atom. The van der Waals surface area contributed by atoms with E-state index in [0.717, 1.165) is 56.2 Å². The zero-order chi connectivity index (χ0) is 17.4. The standard InChI is InChI=1S/C18H26N6O/c1-21-9-6-19-16(21)13-23-7-3-8-24(11-10-23)18(25)15-12-20-22(2)17(15)14-4-5-14/h6,9,12,14H,3-5,7-8,10-11,13H2,1-2H3. The normalized spacial score (nSPS) is 19.2. The Labute approximate surface area is 148 Å². The van der Waals surface area contributed by atoms with E-state index in [1.165, 1.54) is 12.8 Å². The van der Waals surface area contributed by atoms with Gasteiger partial charge in [-0.2, -0.15) is 5.10 Å². The lowest BCUT2D eigenvalue weighted by Crippen LogP contribution is -2.35. The molecular formula is C18H26N6O. The first-order chi connectivity index (χ1) is 12.1. The molecule has 1 aliphatic heterocycles. The van der Waals surface area contributed by atoms with Crippen LogP contribution in [0.25, 0.3) is 0 Å². The number of hydrogen-bond donors (Lipinski definition) is 0. The second-order valence-corrected chi connectivity index (χ2v) is 7.22. The van der Waals surface area contributed by atoms with Gasteiger partial charge >= 0.3 is 0 Å². The molecular weight excluding hydrogens is 316 g/mol. The van der Waals surface area contributed by atoms with Crippen LogP contribution in [-0.2, 0) is 20.6 Å². The second-order valence-electron chi connectivity index (χ2n) is 7.22. The maximum absolute atomic E-state index is 13.0. The third kappa shape index (κ3) is 3.33. The second kappa shape index (κ2) is 6.63. The van der Waals surface area contributed by atoms with Crippen molar-refractivity contribution in [2.75, 3.05) is 26.2 Å². The zero-order valence-corrected chi connectivity index (χ0v) is 15.1. The quantitative estimate of drug-likeness (QED) is 0.842. The van der Waals surface area contributed by atoms with Crippen molar-refractivity contribution < 1.29 is 4.79 Å². The SMILES string of the molecule is Cn1ccnc1CN1CCCN(C(=O)c2cnn(C)c2C2CC2)CC1. The predicted octanol–water partition coefficient (Wildman–Crippen LogP) is 1.38. The molecule has 1 amide bonds. The first-order valence-electron chi connectivity index (χ1n) is 9.13. The van der Waals surface area contributed by atoms with Crippen molar-refractivity contribution in [1.29, 1.82) is 0 Å². The minimum atomic E-state index is 0.147. The highest BCUT2D eigenvalue weighted by Crippen LogP contribution is 2.41. The molecule has 2 aliphatic rings. The molecule has 0 atom stereocenters. The Morgan fingerprint density at radius 3 is 2.76 bits per heavy atom. The molecule has 1 saturated heterocycles. The van der Waals surface area contributed by atoms with Crippen LogP contribution in [0.2, 0.25) is 0 Å². The van der Waals surface area contributed by atoms with Crippen LogP contribution >= 0.6 is 0 Å². The van der Waals surface area contributed by atoms with Crippen molar-refractivity contribution in [2.24, 2.45) is 14.1 Å². The van der Waals surface area contributed by atoms with Crippen LogP contribution in [0.3, 0.4) is 0 Å². The fraction of sp³-hybridized carbons (Fsp3) is 0.611. The molecule has 2 aromatic rings. The van der Waals surface area contributed by atoms with Gasteiger partial charge in [0.15, 0.2) is 0 Å². The summed E-state index contributed by atoms with van der Waals surface area (Å²) >= 11 is 0. The topological polar surface area (TPSA) is 59.2 Å². The highest BCUT2D eigenvalue weighted by molar-refractivity contribution is 5.95. The Balaban J connectivity index is 1.42. The number of carbonyl (C=O) groups is 1. The lowest BCUT2D eigenvalue weighted by atomic mass is 10.1. The molecule has 0 aromatic carbocycles. The van der Waals surface area contributed by atoms with E-state index < -0.39 is 0 Å². The molecule has 0 unspecified atom stereocenters. The molecule has 2 aromatic heterocycles. The van der Waals surface area contributed by atoms with Crippen LogP contribution < -0.4 is 0 Å². The van der Waals surface area contributed by atoms with Gasteiger partial charge in [0.1, 0.15) is 5.82 Å². The van der Waals surface area contributed by atoms with Gasteiger partial charge in [-0.25, -0.2) is 4.98 Å². The summed E-state index contributed by atoms with van der Waals surface area (Å²) in [5, 5.41) is 4.34. The number of imidazole rings is 1. The van der Waals surface area contributed by atoms with Gasteiger partial charge in [-0.3, -0.25) is 14.4 Å². The van der Waals surface area contributed by atoms with Crippen LogP contribution in [0.15, 0.2) is 18.6 Å². The Morgan fingerprint density at radius 2 is 2.04 bits per heavy atom. The maximum atomic E-state index is 13.0. The van der Waals surface area contributed by atoms with Gasteiger partial charge in [0.05, 0.1) is 24.0 Å². The van der Waals surface area contributed by atoms with E-state index in [4.69, 9.17) is 0 Å². The molecule has 3 heterocycles. The molecule has 0 bridgehead atoms. The summed E-state index contributed by atoms with van der Waals surface area (Å²) in [7, 11) is 3.97. The van der Waals surface area contributed by atoms with E-state index in [1.807, 2.05) is 36.1 Å². The summed E-state index contributed by atoms with van der Waals surface area (Å²) in [6.07, 6.45) is 8.92. The third-order valence-corrected chi connectivity index (χ3v) is 5.34. The van der Waals surface area contributed by atoms with E-state index in [0.29, 0.717) is 5.92 Å². The number of hydrogen-bond acceptors (Lipinski definition) is 4. The molecule has 0 spiro atoms. The van der Waals surface area contributed by atoms with Gasteiger partial charge in [0, 0.05) is 58.6 Å². The number of aromatic nitrogens is 4. The molecule has 25 heavy (non-hydrogen) atoms. The molecule has 0 N–H and O–H groups in total. The molecule has 134 valence electrons. The molecule has 0 radical (unpaired) electrons. The molecule has 2 fully saturated rings. The average Bonchev–Trinajstić information content (AvgIpc) is 3.31. The van der Waals surface area contributed by atoms with Gasteiger partial charge in [-0.15, -0.1) is 0 Å². The van der Waals surface area contributed by atoms with Gasteiger partial charge in [0.2, 0.25) is 0 Å². The smallest absolute Gasteiger partial charge is 0.257 e. The first-order valence-corrected chi connectivity index (χ1v) is 9.13. The number of aryl methyl sites for hydroxylation is 2. The van der Waals surface area contributed by atoms with Crippen LogP contribution in [-0.4, -0.2) is 61.2 Å². The highest BCUT2D eigenvalue weighted by atomic mass is 16.2. The van der Waals surface area contributed by atoms with Gasteiger partial charge < -0.3 is 9.47 Å². The van der Waals surface area contributed by atoms with E-state index in [-0.39, 0.29) is 5.91 Å². The fourth-order valence-corrected chi connectivity index (χ4v) is 3.70. The van der Waals surface area contributed by atoms with Gasteiger partial charge in [0.25, 0.3) is 5.91 Å². The Bertz CT molecular complexity index is 759. The van der Waals surface area contributed by atoms with Gasteiger partial charge in [-0.1, -0.05) is 0 Å². The summed E-state index contributed by atoms with van der Waals surface area (Å²) in [4.78, 5) is 21.8. The molecule has 4 rings (SSSR count). The van der Waals surface area contributed by atoms with Crippen LogP contribution in [0.1, 0.15) is 47.1 Å². The summed E-state index contributed by atoms with van der Waals surface area (Å²) in [6, 6.07) is 0. The number of nitrogens with zero attached hydrogens (tertiary/aromatic N) is 6. The summed E-state index contributed by atoms with van der Waals surface area (Å²) in [6.45, 7) is 4.31. The number of rotatable bonds is 4. The third-order valence-electron chi connectivity index (χ3n) is 5.34. The van der Waals surface area contributed by atoms with E-state index in [2.05, 4.69) is 19.5 Å². The largest absolute Gasteiger partial charge is 0.337 e. The number of carbonyl (C=O) groups excluding carboxylic acids is 1. The molecule has 1 aliphatic carbocycles. The van der Waals surface area contributed by atoms with Crippen molar-refractivity contribution in [3.8, 4) is 0 Å². The summed E-state index contributed by atoms with van der Waals surface area (Å²) < 4.78 is 3.95. The van der Waals surface area contributed by atoms with E-state index in [1.54, 1.807) is 6.20 Å². The lowest BCUT2D eigenvalue weighted by Gasteiger charge is -2.22. The van der Waals surface area contributed by atoms with Crippen LogP contribution in [0.5, 0.6) is 0 Å². The van der Waals surface area contributed by atoms with Crippen molar-refractivity contribution in [3.63, 3.8) is 0 Å². The van der Waals surface area contributed by atoms with Crippen LogP contribution in [0, 0.1) is 0 Å². The van der Waals surface area contributed by atoms with Gasteiger partial charge in [-0.05, 0) is 19.3 Å². The zero-order valence-electron chi connectivity index (χ0n) is 15.1. The highest BCUT2D eigenvalue weighted by Gasteiger charge is 2.33. The summed E-state index contributed by atoms with van der Waals surface area (Å²) in [5.41, 5.74) is 1.93. The van der Waals surface area contributed by atoms with E-state index in [9.17, 15) is 4.79 Å².